The maximum atomic E-state index is 14.0. The van der Waals surface area contributed by atoms with Crippen LogP contribution in [0.15, 0.2) is 72.8 Å². The van der Waals surface area contributed by atoms with E-state index in [4.69, 9.17) is 0 Å². The van der Waals surface area contributed by atoms with Gasteiger partial charge in [-0.15, -0.1) is 0 Å². The van der Waals surface area contributed by atoms with Crippen LogP contribution in [-0.2, 0) is 96.0 Å². The molecule has 43 heteroatoms. The van der Waals surface area contributed by atoms with E-state index in [1.165, 1.54) is 83.4 Å². The highest BCUT2D eigenvalue weighted by atomic mass is 19.4. The highest BCUT2D eigenvalue weighted by Crippen LogP contribution is 2.50. The minimum Gasteiger partial charge on any atom is -0.391 e. The van der Waals surface area contributed by atoms with Gasteiger partial charge in [0.2, 0.25) is 0 Å². The predicted octanol–water partition coefficient (Wildman–Crippen LogP) is 19.2. The lowest BCUT2D eigenvalue weighted by atomic mass is 9.97. The summed E-state index contributed by atoms with van der Waals surface area (Å²) >= 11 is 0. The quantitative estimate of drug-likeness (QED) is 0.0701. The van der Waals surface area contributed by atoms with Gasteiger partial charge < -0.3 is 54.7 Å². The Labute approximate surface area is 805 Å². The summed E-state index contributed by atoms with van der Waals surface area (Å²) in [4.78, 5) is 101. The Bertz CT molecular complexity index is 5590. The molecule has 780 valence electrons. The third kappa shape index (κ3) is 24.1. The number of likely N-dealkylation sites (tertiary alicyclic amines) is 4. The van der Waals surface area contributed by atoms with Crippen LogP contribution in [-0.4, -0.2) is 235 Å². The summed E-state index contributed by atoms with van der Waals surface area (Å²) in [5.74, 6) is -6.16. The summed E-state index contributed by atoms with van der Waals surface area (Å²) < 4.78 is 295. The van der Waals surface area contributed by atoms with E-state index in [1.54, 1.807) is 98.1 Å². The molecule has 0 radical (unpaired) electrons. The summed E-state index contributed by atoms with van der Waals surface area (Å²) in [5.41, 5.74) is -4.35. The minimum absolute atomic E-state index is 0.000209. The summed E-state index contributed by atoms with van der Waals surface area (Å²) in [6, 6.07) is 13.3. The second kappa shape index (κ2) is 41.0. The van der Waals surface area contributed by atoms with Crippen LogP contribution in [0.4, 0.5) is 96.6 Å². The largest absolute Gasteiger partial charge is 0.416 e. The molecule has 0 spiro atoms. The minimum atomic E-state index is -4.66. The highest BCUT2D eigenvalue weighted by Gasteiger charge is 2.52. The Kier molecular flexibility index (Phi) is 31.9. The number of aliphatic hydroxyl groups excluding tert-OH is 4. The summed E-state index contributed by atoms with van der Waals surface area (Å²) in [5, 5.41) is 38.0. The third-order valence-corrected chi connectivity index (χ3v) is 27.2. The number of amides is 7. The van der Waals surface area contributed by atoms with Crippen LogP contribution in [0.5, 0.6) is 0 Å². The molecule has 142 heavy (non-hydrogen) atoms. The molecule has 11 aliphatic rings. The normalized spacial score (nSPS) is 22.1. The fraction of sp³-hybridized carbons (Fsp3) is 0.566. The number of rotatable bonds is 15. The first-order valence-electron chi connectivity index (χ1n) is 46.5. The number of β-amino-alcohol motifs (C(OH)–C–C–N with tert-alkyl or cyclic N) is 3. The molecule has 0 aromatic heterocycles. The van der Waals surface area contributed by atoms with Gasteiger partial charge >= 0.3 is 37.1 Å². The second-order valence-corrected chi connectivity index (χ2v) is 40.1. The van der Waals surface area contributed by atoms with Crippen LogP contribution in [0.1, 0.15) is 309 Å². The molecule has 4 N–H and O–H groups in total. The lowest BCUT2D eigenvalue weighted by Gasteiger charge is -2.22. The van der Waals surface area contributed by atoms with Gasteiger partial charge in [-0.3, -0.25) is 48.3 Å². The van der Waals surface area contributed by atoms with Gasteiger partial charge in [0.05, 0.1) is 58.2 Å². The zero-order valence-corrected chi connectivity index (χ0v) is 80.5. The molecular formula is C99H114F22N10O11. The van der Waals surface area contributed by atoms with E-state index < -0.39 is 149 Å². The van der Waals surface area contributed by atoms with Gasteiger partial charge in [-0.05, 0) is 269 Å². The Morgan fingerprint density at radius 1 is 0.394 bits per heavy atom. The smallest absolute Gasteiger partial charge is 0.391 e. The Hall–Kier alpha value is -10.2. The molecule has 5 fully saturated rings. The zero-order valence-electron chi connectivity index (χ0n) is 80.5. The van der Waals surface area contributed by atoms with E-state index in [1.807, 2.05) is 13.8 Å². The molecule has 7 amide bonds. The number of hydrogen-bond donors (Lipinski definition) is 4. The lowest BCUT2D eigenvalue weighted by molar-refractivity contribution is -0.139. The Morgan fingerprint density at radius 2 is 0.711 bits per heavy atom. The van der Waals surface area contributed by atoms with Crippen molar-refractivity contribution in [3.8, 4) is 0 Å². The van der Waals surface area contributed by atoms with Crippen LogP contribution < -0.4 is 0 Å². The van der Waals surface area contributed by atoms with Crippen molar-refractivity contribution in [1.82, 2.24) is 49.0 Å². The van der Waals surface area contributed by atoms with Gasteiger partial charge in [-0.1, -0.05) is 0 Å². The number of benzene rings is 6. The van der Waals surface area contributed by atoms with E-state index in [0.717, 1.165) is 43.2 Å². The molecule has 10 aliphatic heterocycles. The summed E-state index contributed by atoms with van der Waals surface area (Å²) in [6.07, 6.45) is -30.9. The number of aliphatic hydroxyl groups is 4. The average molecular weight is 2040 g/mol. The number of alkyl halides is 22. The van der Waals surface area contributed by atoms with Crippen LogP contribution in [0.3, 0.4) is 0 Å². The van der Waals surface area contributed by atoms with Gasteiger partial charge in [0.15, 0.2) is 0 Å². The predicted molar refractivity (Wildman–Crippen MR) is 474 cm³/mol. The van der Waals surface area contributed by atoms with E-state index in [-0.39, 0.29) is 235 Å². The first-order chi connectivity index (χ1) is 65.4. The molecular weight excluding hydrogens is 1920 g/mol. The van der Waals surface area contributed by atoms with Crippen LogP contribution in [0, 0.1) is 0 Å². The molecule has 0 bridgehead atoms. The van der Waals surface area contributed by atoms with Gasteiger partial charge in [0.1, 0.15) is 17.9 Å². The maximum absolute atomic E-state index is 14.0. The van der Waals surface area contributed by atoms with Crippen molar-refractivity contribution in [3.63, 3.8) is 0 Å². The van der Waals surface area contributed by atoms with Crippen LogP contribution in [0.25, 0.3) is 0 Å². The molecule has 21 nitrogen and oxygen atoms in total. The van der Waals surface area contributed by atoms with E-state index in [2.05, 4.69) is 0 Å². The average Bonchev–Trinajstić information content (AvgIpc) is 1.62. The van der Waals surface area contributed by atoms with E-state index >= 15 is 0 Å². The molecule has 17 rings (SSSR count). The molecule has 10 heterocycles. The molecule has 1 saturated carbocycles. The fourth-order valence-corrected chi connectivity index (χ4v) is 19.4. The van der Waals surface area contributed by atoms with Crippen molar-refractivity contribution in [2.45, 2.75) is 316 Å². The first kappa shape index (κ1) is 111. The fourth-order valence-electron chi connectivity index (χ4n) is 19.4. The van der Waals surface area contributed by atoms with Gasteiger partial charge in [-0.25, -0.2) is 17.6 Å². The SMILES string of the molecule is CC(C)N1Cc2c(cc(C(=O)N3CC(O)CC3C)cc2C(F)(F)F)C1=O.CC(C)N1Cc2c(cc(C3CC3)cc2C(F)(F)F)C1=O.CC(C)N1Cc2c(cc(CN3CC(O)C(F)(F)C3)cc2C(F)(F)F)C1=O.CC(C)N1Cc2c(cc(CN3CC(O)C(F)C3)cc2C(F)(F)F)C1=O.CC(C)N1Cc2c(cc(CN3CCC(C)(F)C3)cc2C(F)(F)F)C1=O.CC(O)c1cc2c(c(C(F)(F)F)c1)CN(C(C)C)C2=O. The standard InChI is InChI=1S/C18H22F4N2O.C18H21F3N2O3.C17H19F5N2O2.C17H20F4N2O2.C15H16F3NO.C14H16F3NO2/c1-11(2)24-9-14-13(16(24)25)6-12(7-15(14)18(20,21)22)8-23-5-4-17(3,19)10-23;1-9(2)22-8-14-13(17(22)26)5-11(6-15(14)18(19,20)21)16(25)23-7-12(24)4-10(23)3;1-9(2)24-6-12-11(15(24)26)3-10(4-13(12)17(20,21)22)5-23-7-14(25)16(18,19)8-23;1-9(2)23-6-12-11(16(23)25)3-10(4-13(12)17(19,20)21)5-22-7-14(18)15(24)8-22;1-8(2)19-7-12-11(14(19)20)5-10(9-3-4-9)6-13(12)15(16,17)18;1-7(2)18-6-11-10(13(18)20)4-9(8(3)19)5-12(11)14(15,16)17/h6-7,11H,4-5,8-10H2,1-3H3;5-6,9-10,12,24H,4,7-8H2,1-3H3;3-4,9,14,25H,5-8H2,1-2H3;3-4,9,14-15,24H,5-8H2,1-2H3;5-6,8-9H,3-4,7H2,1-2H3;4-5,7-8,19H,6H2,1-3H3. The van der Waals surface area contributed by atoms with Crippen molar-refractivity contribution in [1.29, 1.82) is 0 Å². The number of hydrogen-bond acceptors (Lipinski definition) is 14. The zero-order chi connectivity index (χ0) is 106. The summed E-state index contributed by atoms with van der Waals surface area (Å²) in [7, 11) is 0. The highest BCUT2D eigenvalue weighted by molar-refractivity contribution is 6.05. The monoisotopic (exact) mass is 2040 g/mol. The molecule has 6 aromatic carbocycles. The van der Waals surface area contributed by atoms with Gasteiger partial charge in [0, 0.05) is 179 Å². The van der Waals surface area contributed by atoms with E-state index in [0.29, 0.717) is 36.1 Å². The van der Waals surface area contributed by atoms with Crippen LogP contribution in [0.2, 0.25) is 0 Å². The van der Waals surface area contributed by atoms with E-state index in [9.17, 15) is 151 Å². The van der Waals surface area contributed by atoms with Crippen molar-refractivity contribution in [2.24, 2.45) is 0 Å². The third-order valence-electron chi connectivity index (χ3n) is 27.2. The number of fused-ring (bicyclic) bond motifs is 6. The topological polar surface area (TPSA) is 233 Å². The molecule has 7 unspecified atom stereocenters. The molecule has 4 saturated heterocycles. The van der Waals surface area contributed by atoms with Crippen molar-refractivity contribution < 1.29 is 151 Å². The van der Waals surface area contributed by atoms with Gasteiger partial charge in [0.25, 0.3) is 47.3 Å². The number of carbonyl (C=O) groups excluding carboxylic acids is 7. The molecule has 6 aromatic rings. The second-order valence-electron chi connectivity index (χ2n) is 40.1. The van der Waals surface area contributed by atoms with Crippen molar-refractivity contribution >= 4 is 41.4 Å². The van der Waals surface area contributed by atoms with Gasteiger partial charge in [-0.2, -0.15) is 79.0 Å². The van der Waals surface area contributed by atoms with Crippen molar-refractivity contribution in [3.05, 3.63) is 206 Å². The van der Waals surface area contributed by atoms with Crippen molar-refractivity contribution in [2.75, 3.05) is 45.8 Å². The number of carbonyl (C=O) groups is 7. The van der Waals surface area contributed by atoms with Crippen LogP contribution >= 0.6 is 0 Å². The summed E-state index contributed by atoms with van der Waals surface area (Å²) in [6.45, 7) is 25.2. The Balaban J connectivity index is 0.000000153. The molecule has 1 aliphatic carbocycles. The maximum Gasteiger partial charge on any atom is 0.416 e. The number of nitrogens with zero attached hydrogens (tertiary/aromatic N) is 10. The number of halogens is 22. The first-order valence-corrected chi connectivity index (χ1v) is 46.5. The lowest BCUT2D eigenvalue weighted by Crippen LogP contribution is -2.34. The molecule has 7 atom stereocenters. The Morgan fingerprint density at radius 3 is 1.00 bits per heavy atom.